The van der Waals surface area contributed by atoms with Crippen LogP contribution in [0.2, 0.25) is 0 Å². The lowest BCUT2D eigenvalue weighted by atomic mass is 9.70. The zero-order chi connectivity index (χ0) is 20.0. The van der Waals surface area contributed by atoms with E-state index in [4.69, 9.17) is 9.47 Å². The molecule has 0 radical (unpaired) electrons. The van der Waals surface area contributed by atoms with E-state index in [1.54, 1.807) is 11.0 Å². The van der Waals surface area contributed by atoms with Gasteiger partial charge < -0.3 is 19.5 Å². The van der Waals surface area contributed by atoms with Crippen molar-refractivity contribution < 1.29 is 23.8 Å². The van der Waals surface area contributed by atoms with E-state index in [9.17, 15) is 14.3 Å². The first-order chi connectivity index (χ1) is 14.1. The summed E-state index contributed by atoms with van der Waals surface area (Å²) < 4.78 is 25.8. The quantitative estimate of drug-likeness (QED) is 0.788. The SMILES string of the molecule is O=C(c1ccc(F)cc1)N1CCC2(CC1)Oc1c(O)cccc1[C@H]1OCCC[C@@H]12. The Hall–Kier alpha value is -2.60. The van der Waals surface area contributed by atoms with Gasteiger partial charge in [-0.15, -0.1) is 0 Å². The number of nitrogens with zero attached hydrogens (tertiary/aromatic N) is 1. The lowest BCUT2D eigenvalue weighted by Crippen LogP contribution is -2.57. The third-order valence-electron chi connectivity index (χ3n) is 6.62. The Bertz CT molecular complexity index is 921. The number of ether oxygens (including phenoxy) is 2. The van der Waals surface area contributed by atoms with Crippen LogP contribution in [0.15, 0.2) is 42.5 Å². The number of phenols is 1. The molecular formula is C23H24FNO4. The van der Waals surface area contributed by atoms with Crippen molar-refractivity contribution in [1.82, 2.24) is 4.90 Å². The van der Waals surface area contributed by atoms with Gasteiger partial charge in [0, 0.05) is 49.6 Å². The van der Waals surface area contributed by atoms with Gasteiger partial charge in [-0.25, -0.2) is 4.39 Å². The lowest BCUT2D eigenvalue weighted by Gasteiger charge is -2.53. The highest BCUT2D eigenvalue weighted by Gasteiger charge is 2.53. The van der Waals surface area contributed by atoms with E-state index in [-0.39, 0.29) is 29.5 Å². The fourth-order valence-electron chi connectivity index (χ4n) is 5.12. The van der Waals surface area contributed by atoms with E-state index in [0.29, 0.717) is 43.9 Å². The van der Waals surface area contributed by atoms with Crippen LogP contribution in [-0.2, 0) is 4.74 Å². The summed E-state index contributed by atoms with van der Waals surface area (Å²) >= 11 is 0. The maximum atomic E-state index is 13.2. The van der Waals surface area contributed by atoms with Gasteiger partial charge in [-0.1, -0.05) is 12.1 Å². The molecule has 152 valence electrons. The Morgan fingerprint density at radius 3 is 2.66 bits per heavy atom. The molecule has 1 amide bonds. The van der Waals surface area contributed by atoms with E-state index < -0.39 is 5.60 Å². The fourth-order valence-corrected chi connectivity index (χ4v) is 5.12. The summed E-state index contributed by atoms with van der Waals surface area (Å²) in [4.78, 5) is 14.6. The van der Waals surface area contributed by atoms with Crippen LogP contribution in [0.3, 0.4) is 0 Å². The van der Waals surface area contributed by atoms with E-state index in [1.165, 1.54) is 24.3 Å². The minimum Gasteiger partial charge on any atom is -0.504 e. The molecule has 5 rings (SSSR count). The summed E-state index contributed by atoms with van der Waals surface area (Å²) in [5.41, 5.74) is 0.968. The highest BCUT2D eigenvalue weighted by Crippen LogP contribution is 2.55. The molecule has 0 saturated carbocycles. The number of likely N-dealkylation sites (tertiary alicyclic amines) is 1. The molecule has 2 aromatic rings. The molecule has 2 fully saturated rings. The van der Waals surface area contributed by atoms with Crippen molar-refractivity contribution in [2.75, 3.05) is 19.7 Å². The van der Waals surface area contributed by atoms with Gasteiger partial charge in [0.2, 0.25) is 0 Å². The predicted molar refractivity (Wildman–Crippen MR) is 104 cm³/mol. The van der Waals surface area contributed by atoms with Gasteiger partial charge in [0.1, 0.15) is 11.4 Å². The van der Waals surface area contributed by atoms with Gasteiger partial charge >= 0.3 is 0 Å². The summed E-state index contributed by atoms with van der Waals surface area (Å²) in [6, 6.07) is 11.1. The number of carbonyl (C=O) groups excluding carboxylic acids is 1. The average molecular weight is 397 g/mol. The van der Waals surface area contributed by atoms with Crippen LogP contribution in [0.5, 0.6) is 11.5 Å². The van der Waals surface area contributed by atoms with Crippen molar-refractivity contribution in [1.29, 1.82) is 0 Å². The molecule has 5 nitrogen and oxygen atoms in total. The number of halogens is 1. The summed E-state index contributed by atoms with van der Waals surface area (Å²) in [7, 11) is 0. The van der Waals surface area contributed by atoms with Crippen LogP contribution in [0, 0.1) is 11.7 Å². The Balaban J connectivity index is 1.40. The van der Waals surface area contributed by atoms with Gasteiger partial charge in [0.05, 0.1) is 6.10 Å². The lowest BCUT2D eigenvalue weighted by molar-refractivity contribution is -0.147. The van der Waals surface area contributed by atoms with Crippen molar-refractivity contribution in [2.24, 2.45) is 5.92 Å². The van der Waals surface area contributed by atoms with Crippen molar-refractivity contribution in [3.63, 3.8) is 0 Å². The number of benzene rings is 2. The molecule has 3 heterocycles. The van der Waals surface area contributed by atoms with Crippen LogP contribution in [0.1, 0.15) is 47.7 Å². The number of hydrogen-bond acceptors (Lipinski definition) is 4. The number of para-hydroxylation sites is 1. The fraction of sp³-hybridized carbons (Fsp3) is 0.435. The van der Waals surface area contributed by atoms with Crippen molar-refractivity contribution in [3.05, 3.63) is 59.4 Å². The molecule has 2 atom stereocenters. The summed E-state index contributed by atoms with van der Waals surface area (Å²) in [5, 5.41) is 10.4. The molecule has 2 aromatic carbocycles. The molecule has 3 aliphatic rings. The molecular weight excluding hydrogens is 373 g/mol. The minimum absolute atomic E-state index is 0.0843. The topological polar surface area (TPSA) is 59.0 Å². The number of amides is 1. The first kappa shape index (κ1) is 18.4. The van der Waals surface area contributed by atoms with E-state index in [2.05, 4.69) is 0 Å². The van der Waals surface area contributed by atoms with Gasteiger partial charge in [0.25, 0.3) is 5.91 Å². The summed E-state index contributed by atoms with van der Waals surface area (Å²) in [6.45, 7) is 1.83. The molecule has 2 saturated heterocycles. The Morgan fingerprint density at radius 2 is 1.90 bits per heavy atom. The van der Waals surface area contributed by atoms with E-state index in [0.717, 1.165) is 18.4 Å². The van der Waals surface area contributed by atoms with Crippen LogP contribution in [0.25, 0.3) is 0 Å². The zero-order valence-electron chi connectivity index (χ0n) is 16.1. The van der Waals surface area contributed by atoms with Crippen LogP contribution < -0.4 is 4.74 Å². The van der Waals surface area contributed by atoms with E-state index in [1.807, 2.05) is 12.1 Å². The first-order valence-corrected chi connectivity index (χ1v) is 10.2. The molecule has 0 unspecified atom stereocenters. The zero-order valence-corrected chi connectivity index (χ0v) is 16.1. The Kier molecular flexibility index (Phi) is 4.46. The number of phenolic OH excluding ortho intramolecular Hbond substituents is 1. The van der Waals surface area contributed by atoms with Gasteiger partial charge in [-0.05, 0) is 43.2 Å². The maximum absolute atomic E-state index is 13.2. The summed E-state index contributed by atoms with van der Waals surface area (Å²) in [6.07, 6.45) is 3.26. The van der Waals surface area contributed by atoms with Gasteiger partial charge in [-0.3, -0.25) is 4.79 Å². The van der Waals surface area contributed by atoms with Crippen LogP contribution in [0.4, 0.5) is 4.39 Å². The summed E-state index contributed by atoms with van der Waals surface area (Å²) in [5.74, 6) is 0.425. The molecule has 29 heavy (non-hydrogen) atoms. The highest BCUT2D eigenvalue weighted by molar-refractivity contribution is 5.94. The maximum Gasteiger partial charge on any atom is 0.253 e. The number of rotatable bonds is 1. The molecule has 3 aliphatic heterocycles. The third kappa shape index (κ3) is 3.06. The predicted octanol–water partition coefficient (Wildman–Crippen LogP) is 4.07. The molecule has 0 bridgehead atoms. The monoisotopic (exact) mass is 397 g/mol. The van der Waals surface area contributed by atoms with Crippen molar-refractivity contribution in [2.45, 2.75) is 37.4 Å². The molecule has 0 aliphatic carbocycles. The molecule has 1 N–H and O–H groups in total. The first-order valence-electron chi connectivity index (χ1n) is 10.2. The second-order valence-corrected chi connectivity index (χ2v) is 8.20. The Labute approximate surface area is 169 Å². The van der Waals surface area contributed by atoms with Crippen LogP contribution in [-0.4, -0.2) is 41.2 Å². The number of hydrogen-bond donors (Lipinski definition) is 1. The number of fused-ring (bicyclic) bond motifs is 4. The number of aromatic hydroxyl groups is 1. The number of piperidine rings is 1. The number of carbonyl (C=O) groups is 1. The largest absolute Gasteiger partial charge is 0.504 e. The second kappa shape index (κ2) is 7.02. The molecule has 0 aromatic heterocycles. The minimum atomic E-state index is -0.448. The van der Waals surface area contributed by atoms with Crippen molar-refractivity contribution >= 4 is 5.91 Å². The smallest absolute Gasteiger partial charge is 0.253 e. The Morgan fingerprint density at radius 1 is 1.14 bits per heavy atom. The second-order valence-electron chi connectivity index (χ2n) is 8.20. The van der Waals surface area contributed by atoms with Crippen LogP contribution >= 0.6 is 0 Å². The molecule has 1 spiro atoms. The highest BCUT2D eigenvalue weighted by atomic mass is 19.1. The third-order valence-corrected chi connectivity index (χ3v) is 6.62. The van der Waals surface area contributed by atoms with E-state index >= 15 is 0 Å². The molecule has 6 heteroatoms. The van der Waals surface area contributed by atoms with Crippen molar-refractivity contribution in [3.8, 4) is 11.5 Å². The van der Waals surface area contributed by atoms with Gasteiger partial charge in [-0.2, -0.15) is 0 Å². The standard InChI is InChI=1S/C23H24FNO4/c24-16-8-6-15(7-9-16)22(27)25-12-10-23(11-13-25)18-4-2-14-28-20(18)17-3-1-5-19(26)21(17)29-23/h1,3,5-9,18,20,26H,2,4,10-14H2/t18-,20+/m0/s1. The average Bonchev–Trinajstić information content (AvgIpc) is 2.76. The van der Waals surface area contributed by atoms with Gasteiger partial charge in [0.15, 0.2) is 11.5 Å². The normalized spacial score (nSPS) is 25.1.